The Hall–Kier alpha value is -3.50. The lowest BCUT2D eigenvalue weighted by Crippen LogP contribution is -2.07. The first-order chi connectivity index (χ1) is 13.0. The molecule has 2 aromatic carbocycles. The van der Waals surface area contributed by atoms with Gasteiger partial charge < -0.3 is 19.3 Å². The van der Waals surface area contributed by atoms with Crippen LogP contribution in [0.1, 0.15) is 10.4 Å². The van der Waals surface area contributed by atoms with Crippen LogP contribution in [0.3, 0.4) is 0 Å². The van der Waals surface area contributed by atoms with Gasteiger partial charge in [0.15, 0.2) is 11.5 Å². The topological polar surface area (TPSA) is 88.8 Å². The third kappa shape index (κ3) is 4.02. The number of methoxy groups -OCH3 is 2. The smallest absolute Gasteiger partial charge is 0.371 e. The number of benzene rings is 2. The Morgan fingerprint density at radius 1 is 1.11 bits per heavy atom. The molecule has 27 heavy (non-hydrogen) atoms. The zero-order valence-corrected chi connectivity index (χ0v) is 15.4. The zero-order valence-electron chi connectivity index (χ0n) is 14.6. The summed E-state index contributed by atoms with van der Waals surface area (Å²) in [6.45, 7) is 0. The maximum Gasteiger partial charge on any atom is 0.371 e. The molecule has 0 aliphatic rings. The minimum Gasteiger partial charge on any atom is -0.493 e. The van der Waals surface area contributed by atoms with Crippen LogP contribution in [-0.4, -0.2) is 25.3 Å². The summed E-state index contributed by atoms with van der Waals surface area (Å²) in [6.07, 6.45) is 1.46. The highest BCUT2D eigenvalue weighted by Crippen LogP contribution is 2.37. The molecule has 0 spiro atoms. The van der Waals surface area contributed by atoms with E-state index in [9.17, 15) is 9.90 Å². The maximum atomic E-state index is 11.6. The summed E-state index contributed by atoms with van der Waals surface area (Å²) >= 11 is 1.41. The van der Waals surface area contributed by atoms with Gasteiger partial charge in [-0.25, -0.2) is 4.79 Å². The van der Waals surface area contributed by atoms with Crippen molar-refractivity contribution in [1.82, 2.24) is 0 Å². The molecule has 0 radical (unpaired) electrons. The molecule has 7 heteroatoms. The van der Waals surface area contributed by atoms with Crippen molar-refractivity contribution in [3.8, 4) is 23.3 Å². The van der Waals surface area contributed by atoms with E-state index in [0.717, 1.165) is 10.1 Å². The Kier molecular flexibility index (Phi) is 5.29. The fourth-order valence-electron chi connectivity index (χ4n) is 2.45. The van der Waals surface area contributed by atoms with Crippen molar-refractivity contribution in [2.45, 2.75) is 0 Å². The predicted octanol–water partition coefficient (Wildman–Crippen LogP) is 4.29. The molecule has 0 amide bonds. The van der Waals surface area contributed by atoms with Gasteiger partial charge in [-0.05, 0) is 41.8 Å². The number of hydrogen-bond donors (Lipinski definition) is 1. The van der Waals surface area contributed by atoms with Crippen LogP contribution in [0.2, 0.25) is 0 Å². The highest BCUT2D eigenvalue weighted by molar-refractivity contribution is 7.19. The summed E-state index contributed by atoms with van der Waals surface area (Å²) in [6, 6.07) is 13.8. The fraction of sp³-hybridized carbons (Fsp3) is 0.100. The van der Waals surface area contributed by atoms with Crippen molar-refractivity contribution >= 4 is 33.5 Å². The van der Waals surface area contributed by atoms with Crippen LogP contribution in [0.4, 0.5) is 0 Å². The minimum atomic E-state index is -1.19. The largest absolute Gasteiger partial charge is 0.493 e. The molecule has 0 unspecified atom stereocenters. The lowest BCUT2D eigenvalue weighted by atomic mass is 10.2. The quantitative estimate of drug-likeness (QED) is 0.506. The Balaban J connectivity index is 1.95. The van der Waals surface area contributed by atoms with E-state index in [4.69, 9.17) is 19.5 Å². The standard InChI is InChI=1S/C20H15NO5S/c1-24-16-8-13-7-15(27-19(13)10-17(16)25-2)9-18(20(22)23)26-14-5-3-12(11-21)4-6-14/h3-10H,1-2H3,(H,22,23). The summed E-state index contributed by atoms with van der Waals surface area (Å²) in [5.74, 6) is 0.143. The van der Waals surface area contributed by atoms with Crippen molar-refractivity contribution in [2.75, 3.05) is 14.2 Å². The van der Waals surface area contributed by atoms with Crippen molar-refractivity contribution in [3.63, 3.8) is 0 Å². The molecular weight excluding hydrogens is 366 g/mol. The second kappa shape index (κ2) is 7.81. The predicted molar refractivity (Wildman–Crippen MR) is 102 cm³/mol. The SMILES string of the molecule is COc1cc2cc(C=C(Oc3ccc(C#N)cc3)C(=O)O)sc2cc1OC. The second-order valence-electron chi connectivity index (χ2n) is 5.45. The summed E-state index contributed by atoms with van der Waals surface area (Å²) in [5.41, 5.74) is 0.468. The third-order valence-electron chi connectivity index (χ3n) is 3.74. The van der Waals surface area contributed by atoms with Crippen molar-refractivity contribution in [2.24, 2.45) is 0 Å². The van der Waals surface area contributed by atoms with E-state index in [1.165, 1.54) is 17.4 Å². The molecule has 1 aromatic heterocycles. The summed E-state index contributed by atoms with van der Waals surface area (Å²) in [4.78, 5) is 12.3. The third-order valence-corrected chi connectivity index (χ3v) is 4.78. The number of nitrogens with zero attached hydrogens (tertiary/aromatic N) is 1. The van der Waals surface area contributed by atoms with E-state index in [1.54, 1.807) is 38.5 Å². The van der Waals surface area contributed by atoms with Crippen LogP contribution >= 0.6 is 11.3 Å². The van der Waals surface area contributed by atoms with Crippen molar-refractivity contribution < 1.29 is 24.1 Å². The number of carboxylic acids is 1. The van der Waals surface area contributed by atoms with Crippen LogP contribution in [-0.2, 0) is 4.79 Å². The molecular formula is C20H15NO5S. The normalized spacial score (nSPS) is 11.1. The van der Waals surface area contributed by atoms with Crippen molar-refractivity contribution in [3.05, 3.63) is 58.7 Å². The van der Waals surface area contributed by atoms with Crippen LogP contribution in [0.25, 0.3) is 16.2 Å². The molecule has 1 heterocycles. The van der Waals surface area contributed by atoms with Gasteiger partial charge in [-0.2, -0.15) is 5.26 Å². The summed E-state index contributed by atoms with van der Waals surface area (Å²) in [7, 11) is 3.12. The number of fused-ring (bicyclic) bond motifs is 1. The molecule has 6 nitrogen and oxygen atoms in total. The lowest BCUT2D eigenvalue weighted by molar-refractivity contribution is -0.134. The number of nitriles is 1. The molecule has 0 bridgehead atoms. The summed E-state index contributed by atoms with van der Waals surface area (Å²) in [5, 5.41) is 19.2. The number of thiophene rings is 1. The maximum absolute atomic E-state index is 11.6. The molecule has 0 aliphatic heterocycles. The van der Waals surface area contributed by atoms with Crippen LogP contribution in [0.15, 0.2) is 48.2 Å². The van der Waals surface area contributed by atoms with E-state index in [0.29, 0.717) is 27.7 Å². The van der Waals surface area contributed by atoms with Gasteiger partial charge in [0.25, 0.3) is 0 Å². The van der Waals surface area contributed by atoms with Crippen LogP contribution in [0, 0.1) is 11.3 Å². The zero-order chi connectivity index (χ0) is 19.4. The Bertz CT molecular complexity index is 1020. The molecule has 0 saturated carbocycles. The van der Waals surface area contributed by atoms with Gasteiger partial charge in [-0.1, -0.05) is 0 Å². The average Bonchev–Trinajstić information content (AvgIpc) is 3.07. The van der Waals surface area contributed by atoms with E-state index >= 15 is 0 Å². The number of carboxylic acid groups (broad SMARTS) is 1. The van der Waals surface area contributed by atoms with Gasteiger partial charge in [0, 0.05) is 21.7 Å². The van der Waals surface area contributed by atoms with Crippen LogP contribution < -0.4 is 14.2 Å². The van der Waals surface area contributed by atoms with Crippen molar-refractivity contribution in [1.29, 1.82) is 5.26 Å². The van der Waals surface area contributed by atoms with E-state index in [2.05, 4.69) is 0 Å². The molecule has 0 aliphatic carbocycles. The summed E-state index contributed by atoms with van der Waals surface area (Å²) < 4.78 is 17.0. The van der Waals surface area contributed by atoms with E-state index < -0.39 is 5.97 Å². The first kappa shape index (κ1) is 18.3. The number of ether oxygens (including phenoxy) is 3. The highest BCUT2D eigenvalue weighted by Gasteiger charge is 2.13. The molecule has 3 rings (SSSR count). The number of hydrogen-bond acceptors (Lipinski definition) is 6. The van der Waals surface area contributed by atoms with Gasteiger partial charge in [0.2, 0.25) is 5.76 Å². The van der Waals surface area contributed by atoms with Gasteiger partial charge in [0.05, 0.1) is 25.9 Å². The first-order valence-corrected chi connectivity index (χ1v) is 8.64. The van der Waals surface area contributed by atoms with Gasteiger partial charge in [-0.15, -0.1) is 11.3 Å². The van der Waals surface area contributed by atoms with E-state index in [1.807, 2.05) is 24.3 Å². The fourth-order valence-corrected chi connectivity index (χ4v) is 3.45. The van der Waals surface area contributed by atoms with E-state index in [-0.39, 0.29) is 5.76 Å². The average molecular weight is 381 g/mol. The Morgan fingerprint density at radius 3 is 2.37 bits per heavy atom. The van der Waals surface area contributed by atoms with Gasteiger partial charge >= 0.3 is 5.97 Å². The Morgan fingerprint density at radius 2 is 1.78 bits per heavy atom. The lowest BCUT2D eigenvalue weighted by Gasteiger charge is -2.06. The first-order valence-electron chi connectivity index (χ1n) is 7.82. The molecule has 1 N–H and O–H groups in total. The molecule has 136 valence electrons. The molecule has 0 atom stereocenters. The van der Waals surface area contributed by atoms with Gasteiger partial charge in [-0.3, -0.25) is 0 Å². The minimum absolute atomic E-state index is 0.217. The number of rotatable bonds is 6. The molecule has 0 fully saturated rings. The highest BCUT2D eigenvalue weighted by atomic mass is 32.1. The Labute approximate surface area is 159 Å². The number of aliphatic carboxylic acids is 1. The molecule has 0 saturated heterocycles. The number of carbonyl (C=O) groups is 1. The van der Waals surface area contributed by atoms with Crippen LogP contribution in [0.5, 0.6) is 17.2 Å². The monoisotopic (exact) mass is 381 g/mol. The second-order valence-corrected chi connectivity index (χ2v) is 6.56. The van der Waals surface area contributed by atoms with Gasteiger partial charge in [0.1, 0.15) is 5.75 Å². The molecule has 3 aromatic rings.